The number of aryl methyl sites for hydroxylation is 2. The Morgan fingerprint density at radius 1 is 1.06 bits per heavy atom. The highest BCUT2D eigenvalue weighted by Gasteiger charge is 2.27. The average molecular weight is 437 g/mol. The van der Waals surface area contributed by atoms with Crippen molar-refractivity contribution in [2.24, 2.45) is 0 Å². The van der Waals surface area contributed by atoms with Crippen LogP contribution in [0.25, 0.3) is 10.2 Å². The van der Waals surface area contributed by atoms with Gasteiger partial charge < -0.3 is 14.5 Å². The predicted molar refractivity (Wildman–Crippen MR) is 124 cm³/mol. The Bertz CT molecular complexity index is 1070. The molecule has 0 saturated carbocycles. The van der Waals surface area contributed by atoms with Crippen LogP contribution in [0.1, 0.15) is 34.7 Å². The maximum atomic E-state index is 12.2. The molecular formula is C24H28N4O2S. The van der Waals surface area contributed by atoms with E-state index in [0.29, 0.717) is 13.1 Å². The number of hydrogen-bond donors (Lipinski definition) is 0. The first-order chi connectivity index (χ1) is 15.2. The lowest BCUT2D eigenvalue weighted by atomic mass is 9.96. The van der Waals surface area contributed by atoms with Crippen molar-refractivity contribution in [2.45, 2.75) is 32.1 Å². The molecule has 1 aromatic carbocycles. The van der Waals surface area contributed by atoms with Crippen molar-refractivity contribution in [2.75, 3.05) is 44.8 Å². The number of fused-ring (bicyclic) bond motifs is 3. The fourth-order valence-corrected chi connectivity index (χ4v) is 5.92. The smallest absolute Gasteiger partial charge is 0.248 e. The van der Waals surface area contributed by atoms with Gasteiger partial charge in [-0.25, -0.2) is 9.97 Å². The van der Waals surface area contributed by atoms with E-state index in [-0.39, 0.29) is 12.5 Å². The largest absolute Gasteiger partial charge is 0.375 e. The second-order valence-electron chi connectivity index (χ2n) is 8.32. The van der Waals surface area contributed by atoms with Crippen LogP contribution >= 0.6 is 11.3 Å². The zero-order chi connectivity index (χ0) is 21.2. The lowest BCUT2D eigenvalue weighted by Gasteiger charge is -2.36. The number of amides is 1. The molecule has 7 heteroatoms. The number of hydrogen-bond acceptors (Lipinski definition) is 6. The van der Waals surface area contributed by atoms with Gasteiger partial charge in [-0.3, -0.25) is 4.79 Å². The summed E-state index contributed by atoms with van der Waals surface area (Å²) in [7, 11) is 1.57. The molecule has 2 aliphatic rings. The van der Waals surface area contributed by atoms with Crippen LogP contribution in [0.4, 0.5) is 5.82 Å². The van der Waals surface area contributed by atoms with Crippen LogP contribution in [0.5, 0.6) is 0 Å². The van der Waals surface area contributed by atoms with E-state index >= 15 is 0 Å². The second-order valence-corrected chi connectivity index (χ2v) is 9.40. The van der Waals surface area contributed by atoms with Gasteiger partial charge in [0.25, 0.3) is 0 Å². The number of methoxy groups -OCH3 is 1. The SMILES string of the molecule is COCC(=O)N1CCN(c2nc(Cc3ccccc3)nc3sc4c(c23)CCCC4)CC1. The first-order valence-corrected chi connectivity index (χ1v) is 11.9. The van der Waals surface area contributed by atoms with Gasteiger partial charge in [0, 0.05) is 44.6 Å². The molecule has 162 valence electrons. The highest BCUT2D eigenvalue weighted by Crippen LogP contribution is 2.40. The molecule has 0 atom stereocenters. The zero-order valence-electron chi connectivity index (χ0n) is 18.0. The van der Waals surface area contributed by atoms with E-state index in [1.165, 1.54) is 34.2 Å². The van der Waals surface area contributed by atoms with Crippen LogP contribution in [-0.4, -0.2) is 60.7 Å². The molecule has 0 N–H and O–H groups in total. The van der Waals surface area contributed by atoms with Gasteiger partial charge in [0.2, 0.25) is 5.91 Å². The van der Waals surface area contributed by atoms with E-state index in [0.717, 1.165) is 48.8 Å². The topological polar surface area (TPSA) is 58.6 Å². The standard InChI is InChI=1S/C24H28N4O2S/c1-30-16-21(29)27-11-13-28(14-12-27)23-22-18-9-5-6-10-19(18)31-24(22)26-20(25-23)15-17-7-3-2-4-8-17/h2-4,7-8H,5-6,9-16H2,1H3. The molecule has 5 rings (SSSR count). The molecule has 3 aromatic rings. The van der Waals surface area contributed by atoms with Crippen molar-refractivity contribution < 1.29 is 9.53 Å². The molecule has 0 unspecified atom stereocenters. The maximum absolute atomic E-state index is 12.2. The number of piperazine rings is 1. The van der Waals surface area contributed by atoms with Crippen molar-refractivity contribution in [3.8, 4) is 0 Å². The summed E-state index contributed by atoms with van der Waals surface area (Å²) in [5.41, 5.74) is 2.69. The van der Waals surface area contributed by atoms with Gasteiger partial charge in [0.05, 0.1) is 5.39 Å². The lowest BCUT2D eigenvalue weighted by molar-refractivity contribution is -0.135. The van der Waals surface area contributed by atoms with Crippen LogP contribution in [-0.2, 0) is 28.8 Å². The number of ether oxygens (including phenoxy) is 1. The highest BCUT2D eigenvalue weighted by molar-refractivity contribution is 7.19. The minimum Gasteiger partial charge on any atom is -0.375 e. The van der Waals surface area contributed by atoms with Gasteiger partial charge in [-0.05, 0) is 36.8 Å². The van der Waals surface area contributed by atoms with E-state index in [9.17, 15) is 4.79 Å². The predicted octanol–water partition coefficient (Wildman–Crippen LogP) is 3.46. The maximum Gasteiger partial charge on any atom is 0.248 e. The van der Waals surface area contributed by atoms with Gasteiger partial charge in [0.1, 0.15) is 23.1 Å². The second kappa shape index (κ2) is 8.93. The molecule has 0 radical (unpaired) electrons. The van der Waals surface area contributed by atoms with E-state index in [1.807, 2.05) is 22.3 Å². The molecule has 0 bridgehead atoms. The van der Waals surface area contributed by atoms with Crippen molar-refractivity contribution in [3.05, 3.63) is 52.2 Å². The third-order valence-electron chi connectivity index (χ3n) is 6.25. The number of benzene rings is 1. The molecule has 3 heterocycles. The molecular weight excluding hydrogens is 408 g/mol. The molecule has 31 heavy (non-hydrogen) atoms. The lowest BCUT2D eigenvalue weighted by Crippen LogP contribution is -2.50. The van der Waals surface area contributed by atoms with Crippen LogP contribution in [0, 0.1) is 0 Å². The summed E-state index contributed by atoms with van der Waals surface area (Å²) in [4.78, 5) is 29.2. The fraction of sp³-hybridized carbons (Fsp3) is 0.458. The third-order valence-corrected chi connectivity index (χ3v) is 7.43. The van der Waals surface area contributed by atoms with E-state index in [1.54, 1.807) is 7.11 Å². The molecule has 6 nitrogen and oxygen atoms in total. The Kier molecular flexibility index (Phi) is 5.87. The van der Waals surface area contributed by atoms with Gasteiger partial charge in [-0.15, -0.1) is 11.3 Å². The number of carbonyl (C=O) groups excluding carboxylic acids is 1. The monoisotopic (exact) mass is 436 g/mol. The van der Waals surface area contributed by atoms with Crippen LogP contribution in [0.2, 0.25) is 0 Å². The normalized spacial score (nSPS) is 16.5. The van der Waals surface area contributed by atoms with Gasteiger partial charge in [-0.1, -0.05) is 30.3 Å². The third kappa shape index (κ3) is 4.16. The van der Waals surface area contributed by atoms with Crippen molar-refractivity contribution in [1.29, 1.82) is 0 Å². The molecule has 1 saturated heterocycles. The Hall–Kier alpha value is -2.51. The molecule has 1 aliphatic heterocycles. The number of carbonyl (C=O) groups is 1. The summed E-state index contributed by atoms with van der Waals surface area (Å²) in [6.45, 7) is 3.13. The Labute approximate surface area is 186 Å². The number of anilines is 1. The summed E-state index contributed by atoms with van der Waals surface area (Å²) < 4.78 is 5.03. The van der Waals surface area contributed by atoms with E-state index in [2.05, 4.69) is 29.2 Å². The first-order valence-electron chi connectivity index (χ1n) is 11.1. The highest BCUT2D eigenvalue weighted by atomic mass is 32.1. The minimum atomic E-state index is 0.0627. The van der Waals surface area contributed by atoms with E-state index in [4.69, 9.17) is 14.7 Å². The number of thiophene rings is 1. The first kappa shape index (κ1) is 20.4. The van der Waals surface area contributed by atoms with Crippen LogP contribution in [0.15, 0.2) is 30.3 Å². The molecule has 2 aromatic heterocycles. The zero-order valence-corrected chi connectivity index (χ0v) is 18.8. The summed E-state index contributed by atoms with van der Waals surface area (Å²) in [6, 6.07) is 10.4. The molecule has 1 aliphatic carbocycles. The van der Waals surface area contributed by atoms with Crippen LogP contribution in [0.3, 0.4) is 0 Å². The number of nitrogens with zero attached hydrogens (tertiary/aromatic N) is 4. The molecule has 1 fully saturated rings. The number of rotatable bonds is 5. The molecule has 1 amide bonds. The van der Waals surface area contributed by atoms with Crippen molar-refractivity contribution >= 4 is 33.3 Å². The molecule has 0 spiro atoms. The number of aromatic nitrogens is 2. The fourth-order valence-electron chi connectivity index (χ4n) is 4.65. The van der Waals surface area contributed by atoms with Gasteiger partial charge in [0.15, 0.2) is 0 Å². The van der Waals surface area contributed by atoms with E-state index < -0.39 is 0 Å². The Morgan fingerprint density at radius 2 is 1.84 bits per heavy atom. The summed E-state index contributed by atoms with van der Waals surface area (Å²) in [6.07, 6.45) is 5.51. The minimum absolute atomic E-state index is 0.0627. The van der Waals surface area contributed by atoms with Crippen LogP contribution < -0.4 is 4.90 Å². The summed E-state index contributed by atoms with van der Waals surface area (Å²) >= 11 is 1.86. The van der Waals surface area contributed by atoms with Crippen molar-refractivity contribution in [1.82, 2.24) is 14.9 Å². The quantitative estimate of drug-likeness (QED) is 0.613. The average Bonchev–Trinajstić information content (AvgIpc) is 3.18. The van der Waals surface area contributed by atoms with Gasteiger partial charge in [-0.2, -0.15) is 0 Å². The Balaban J connectivity index is 1.49. The summed E-state index contributed by atoms with van der Waals surface area (Å²) in [5.74, 6) is 2.01. The van der Waals surface area contributed by atoms with Crippen molar-refractivity contribution in [3.63, 3.8) is 0 Å². The van der Waals surface area contributed by atoms with Gasteiger partial charge >= 0.3 is 0 Å². The summed E-state index contributed by atoms with van der Waals surface area (Å²) in [5, 5.41) is 1.26. The Morgan fingerprint density at radius 3 is 2.61 bits per heavy atom.